The van der Waals surface area contributed by atoms with Crippen LogP contribution in [0.3, 0.4) is 0 Å². The molecule has 0 aliphatic heterocycles. The quantitative estimate of drug-likeness (QED) is 0.177. The van der Waals surface area contributed by atoms with Crippen molar-refractivity contribution in [1.29, 1.82) is 0 Å². The second kappa shape index (κ2) is 11.7. The standard InChI is InChI=1S/C50H26Br2N6O2/c51-35-8-6-13-41-47(35)54-50-56(30-17-19-32-31-7-1-4-14-43(31)59-45(32)25-30)40-21-15-28(24-42(40)57(41)50)27-16-22-44-34(23-27)33-20-18-29(26-46(33)60-44)55-38-11-2-3-12-39(38)58-48-36(52)9-5-10-37(48)53-49(55)58/h1-26H. The molecule has 14 aromatic rings. The number of halogens is 2. The van der Waals surface area contributed by atoms with Crippen LogP contribution in [0.2, 0.25) is 0 Å². The van der Waals surface area contributed by atoms with Gasteiger partial charge < -0.3 is 8.83 Å². The summed E-state index contributed by atoms with van der Waals surface area (Å²) < 4.78 is 23.8. The maximum absolute atomic E-state index is 6.59. The first-order valence-electron chi connectivity index (χ1n) is 19.6. The predicted molar refractivity (Wildman–Crippen MR) is 248 cm³/mol. The van der Waals surface area contributed by atoms with Gasteiger partial charge in [-0.25, -0.2) is 9.97 Å². The average molecular weight is 903 g/mol. The summed E-state index contributed by atoms with van der Waals surface area (Å²) in [5.74, 6) is 1.68. The number of benzene rings is 8. The predicted octanol–water partition coefficient (Wildman–Crippen LogP) is 14.2. The number of aromatic nitrogens is 6. The van der Waals surface area contributed by atoms with Crippen molar-refractivity contribution in [3.8, 4) is 22.5 Å². The zero-order valence-corrected chi connectivity index (χ0v) is 34.4. The smallest absolute Gasteiger partial charge is 0.220 e. The lowest BCUT2D eigenvalue weighted by molar-refractivity contribution is 0.668. The highest BCUT2D eigenvalue weighted by Gasteiger charge is 2.22. The van der Waals surface area contributed by atoms with E-state index in [2.05, 4.69) is 177 Å². The van der Waals surface area contributed by atoms with E-state index in [4.69, 9.17) is 18.8 Å². The van der Waals surface area contributed by atoms with E-state index < -0.39 is 0 Å². The molecular formula is C50H26Br2N6O2. The summed E-state index contributed by atoms with van der Waals surface area (Å²) in [6.45, 7) is 0. The summed E-state index contributed by atoms with van der Waals surface area (Å²) in [6.07, 6.45) is 0. The zero-order chi connectivity index (χ0) is 39.4. The summed E-state index contributed by atoms with van der Waals surface area (Å²) in [5.41, 5.74) is 15.7. The second-order valence-corrected chi connectivity index (χ2v) is 17.1. The Morgan fingerprint density at radius 1 is 0.400 bits per heavy atom. The topological polar surface area (TPSA) is 70.7 Å². The molecule has 0 bridgehead atoms. The van der Waals surface area contributed by atoms with Gasteiger partial charge in [0, 0.05) is 42.6 Å². The van der Waals surface area contributed by atoms with Gasteiger partial charge in [0.25, 0.3) is 0 Å². The van der Waals surface area contributed by atoms with Crippen molar-refractivity contribution in [2.75, 3.05) is 0 Å². The number of rotatable bonds is 3. The Bertz CT molecular complexity index is 4180. The van der Waals surface area contributed by atoms with Crippen LogP contribution in [0, 0.1) is 0 Å². The molecule has 0 aliphatic rings. The Morgan fingerprint density at radius 3 is 1.85 bits per heavy atom. The van der Waals surface area contributed by atoms with E-state index in [1.165, 1.54) is 0 Å². The summed E-state index contributed by atoms with van der Waals surface area (Å²) in [5, 5.41) is 4.32. The summed E-state index contributed by atoms with van der Waals surface area (Å²) >= 11 is 7.56. The van der Waals surface area contributed by atoms with E-state index in [1.54, 1.807) is 0 Å². The maximum Gasteiger partial charge on any atom is 0.220 e. The largest absolute Gasteiger partial charge is 0.456 e. The van der Waals surface area contributed by atoms with Crippen LogP contribution in [0.25, 0.3) is 122 Å². The number of para-hydroxylation sites is 5. The average Bonchev–Trinajstić information content (AvgIpc) is 4.11. The van der Waals surface area contributed by atoms with Crippen LogP contribution >= 0.6 is 31.9 Å². The molecule has 0 unspecified atom stereocenters. The van der Waals surface area contributed by atoms with Crippen LogP contribution in [0.5, 0.6) is 0 Å². The first-order valence-corrected chi connectivity index (χ1v) is 21.2. The minimum Gasteiger partial charge on any atom is -0.456 e. The summed E-state index contributed by atoms with van der Waals surface area (Å²) in [7, 11) is 0. The molecule has 0 spiro atoms. The van der Waals surface area contributed by atoms with Gasteiger partial charge in [0.1, 0.15) is 27.8 Å². The van der Waals surface area contributed by atoms with Crippen LogP contribution in [0.15, 0.2) is 176 Å². The third kappa shape index (κ3) is 4.33. The third-order valence-corrected chi connectivity index (χ3v) is 13.4. The molecule has 14 rings (SSSR count). The van der Waals surface area contributed by atoms with Crippen LogP contribution in [-0.4, -0.2) is 27.9 Å². The highest BCUT2D eigenvalue weighted by Crippen LogP contribution is 2.40. The highest BCUT2D eigenvalue weighted by atomic mass is 79.9. The van der Waals surface area contributed by atoms with Crippen molar-refractivity contribution in [1.82, 2.24) is 27.9 Å². The van der Waals surface area contributed by atoms with Gasteiger partial charge in [-0.15, -0.1) is 0 Å². The fraction of sp³-hybridized carbons (Fsp3) is 0. The van der Waals surface area contributed by atoms with Crippen LogP contribution in [0.4, 0.5) is 0 Å². The molecule has 0 amide bonds. The van der Waals surface area contributed by atoms with Crippen molar-refractivity contribution >= 4 is 131 Å². The minimum absolute atomic E-state index is 0.819. The molecule has 0 saturated heterocycles. The van der Waals surface area contributed by atoms with Crippen molar-refractivity contribution in [2.24, 2.45) is 0 Å². The number of fused-ring (bicyclic) bond motifs is 16. The number of hydrogen-bond donors (Lipinski definition) is 0. The van der Waals surface area contributed by atoms with Gasteiger partial charge in [-0.1, -0.05) is 54.6 Å². The molecule has 0 fully saturated rings. The fourth-order valence-corrected chi connectivity index (χ4v) is 10.4. The zero-order valence-electron chi connectivity index (χ0n) is 31.3. The summed E-state index contributed by atoms with van der Waals surface area (Å²) in [4.78, 5) is 10.3. The molecule has 60 heavy (non-hydrogen) atoms. The first-order chi connectivity index (χ1) is 29.6. The van der Waals surface area contributed by atoms with E-state index in [-0.39, 0.29) is 0 Å². The van der Waals surface area contributed by atoms with E-state index in [0.717, 1.165) is 131 Å². The molecule has 0 aliphatic carbocycles. The molecule has 282 valence electrons. The normalized spacial score (nSPS) is 12.5. The van der Waals surface area contributed by atoms with Crippen molar-refractivity contribution in [3.05, 3.63) is 167 Å². The van der Waals surface area contributed by atoms with Gasteiger partial charge in [-0.3, -0.25) is 17.9 Å². The molecule has 6 heterocycles. The van der Waals surface area contributed by atoms with Crippen LogP contribution < -0.4 is 0 Å². The Hall–Kier alpha value is -7.14. The molecule has 6 aromatic heterocycles. The molecule has 0 N–H and O–H groups in total. The molecule has 8 nitrogen and oxygen atoms in total. The van der Waals surface area contributed by atoms with E-state index in [9.17, 15) is 0 Å². The van der Waals surface area contributed by atoms with E-state index in [1.807, 2.05) is 30.3 Å². The molecule has 0 atom stereocenters. The number of imidazole rings is 4. The minimum atomic E-state index is 0.819. The Kier molecular flexibility index (Phi) is 6.42. The SMILES string of the molecule is Brc1cccc2c1nc1n(-c3ccc4c(c3)oc3ccccc34)c3ccc(-c4ccc5oc6cc(-n7c8ccccc8n8c9c(Br)cccc9nc78)ccc6c5c4)cc3n21. The molecule has 0 radical (unpaired) electrons. The van der Waals surface area contributed by atoms with Gasteiger partial charge in [0.05, 0.1) is 50.0 Å². The van der Waals surface area contributed by atoms with Gasteiger partial charge in [0.15, 0.2) is 0 Å². The van der Waals surface area contributed by atoms with Crippen molar-refractivity contribution in [3.63, 3.8) is 0 Å². The Balaban J connectivity index is 0.935. The lowest BCUT2D eigenvalue weighted by atomic mass is 10.0. The van der Waals surface area contributed by atoms with Gasteiger partial charge >= 0.3 is 0 Å². The monoisotopic (exact) mass is 900 g/mol. The van der Waals surface area contributed by atoms with Crippen molar-refractivity contribution in [2.45, 2.75) is 0 Å². The van der Waals surface area contributed by atoms with E-state index >= 15 is 0 Å². The third-order valence-electron chi connectivity index (χ3n) is 12.1. The second-order valence-electron chi connectivity index (χ2n) is 15.3. The molecule has 0 saturated carbocycles. The number of hydrogen-bond acceptors (Lipinski definition) is 4. The Morgan fingerprint density at radius 2 is 1.02 bits per heavy atom. The molecule has 10 heteroatoms. The Labute approximate surface area is 355 Å². The molecule has 8 aromatic carbocycles. The van der Waals surface area contributed by atoms with Crippen LogP contribution in [-0.2, 0) is 0 Å². The summed E-state index contributed by atoms with van der Waals surface area (Å²) in [6, 6.07) is 55.1. The van der Waals surface area contributed by atoms with E-state index in [0.29, 0.717) is 0 Å². The van der Waals surface area contributed by atoms with Gasteiger partial charge in [-0.05, 0) is 134 Å². The van der Waals surface area contributed by atoms with Crippen LogP contribution in [0.1, 0.15) is 0 Å². The lowest BCUT2D eigenvalue weighted by Gasteiger charge is -2.07. The highest BCUT2D eigenvalue weighted by molar-refractivity contribution is 9.11. The molecular weight excluding hydrogens is 876 g/mol. The first kappa shape index (κ1) is 32.8. The number of furan rings is 2. The fourth-order valence-electron chi connectivity index (χ4n) is 9.47. The van der Waals surface area contributed by atoms with Gasteiger partial charge in [0.2, 0.25) is 11.6 Å². The van der Waals surface area contributed by atoms with Gasteiger partial charge in [-0.2, -0.15) is 0 Å². The lowest BCUT2D eigenvalue weighted by Crippen LogP contribution is -1.94. The van der Waals surface area contributed by atoms with Crippen molar-refractivity contribution < 1.29 is 8.83 Å². The number of nitrogens with zero attached hydrogens (tertiary/aromatic N) is 6. The maximum atomic E-state index is 6.59.